The van der Waals surface area contributed by atoms with Crippen LogP contribution in [0.25, 0.3) is 22.1 Å². The number of aliphatic hydroxyl groups is 2. The molecule has 0 atom stereocenters. The quantitative estimate of drug-likeness (QED) is 0.446. The zero-order valence-electron chi connectivity index (χ0n) is 13.0. The molecule has 0 amide bonds. The molecule has 1 aliphatic rings. The minimum Gasteiger partial charge on any atom is -0.503 e. The second-order valence-corrected chi connectivity index (χ2v) is 5.94. The van der Waals surface area contributed by atoms with Crippen molar-refractivity contribution in [3.05, 3.63) is 70.1 Å². The van der Waals surface area contributed by atoms with Crippen LogP contribution >= 0.6 is 23.2 Å². The van der Waals surface area contributed by atoms with Crippen molar-refractivity contribution in [3.63, 3.8) is 0 Å². The number of aromatic nitrogens is 2. The standard InChI is InChI=1S/C12H8N2.C6H2Cl2O4/c1-2-6-10-9(5-1)13-11-7-3-4-8-12(11)14-10;7-1-3(9)5(11)2(8)6(12)4(1)10/h1-8H;9,12H. The highest BCUT2D eigenvalue weighted by Gasteiger charge is 2.32. The molecule has 0 saturated carbocycles. The van der Waals surface area contributed by atoms with Crippen LogP contribution in [0.5, 0.6) is 0 Å². The van der Waals surface area contributed by atoms with Crippen LogP contribution in [0, 0.1) is 0 Å². The Kier molecular flexibility index (Phi) is 4.88. The van der Waals surface area contributed by atoms with Crippen LogP contribution < -0.4 is 0 Å². The van der Waals surface area contributed by atoms with E-state index in [1.54, 1.807) is 0 Å². The number of halogens is 2. The lowest BCUT2D eigenvalue weighted by molar-refractivity contribution is -0.119. The molecule has 8 heteroatoms. The van der Waals surface area contributed by atoms with Crippen molar-refractivity contribution in [2.24, 2.45) is 0 Å². The molecule has 4 rings (SSSR count). The Morgan fingerprint density at radius 1 is 0.615 bits per heavy atom. The Bertz CT molecular complexity index is 955. The van der Waals surface area contributed by atoms with Crippen molar-refractivity contribution >= 4 is 56.8 Å². The van der Waals surface area contributed by atoms with Crippen LogP contribution in [0.15, 0.2) is 70.1 Å². The predicted molar refractivity (Wildman–Crippen MR) is 98.1 cm³/mol. The van der Waals surface area contributed by atoms with Gasteiger partial charge in [-0.3, -0.25) is 9.59 Å². The fourth-order valence-corrected chi connectivity index (χ4v) is 2.54. The van der Waals surface area contributed by atoms with Crippen molar-refractivity contribution in [2.75, 3.05) is 0 Å². The van der Waals surface area contributed by atoms with E-state index in [9.17, 15) is 9.59 Å². The highest BCUT2D eigenvalue weighted by Crippen LogP contribution is 2.26. The summed E-state index contributed by atoms with van der Waals surface area (Å²) in [6, 6.07) is 15.8. The van der Waals surface area contributed by atoms with Crippen molar-refractivity contribution in [3.8, 4) is 0 Å². The van der Waals surface area contributed by atoms with Crippen LogP contribution in [0.3, 0.4) is 0 Å². The van der Waals surface area contributed by atoms with E-state index in [1.165, 1.54) is 0 Å². The van der Waals surface area contributed by atoms with E-state index in [0.717, 1.165) is 22.1 Å². The van der Waals surface area contributed by atoms with Gasteiger partial charge in [0.25, 0.3) is 0 Å². The molecule has 0 spiro atoms. The van der Waals surface area contributed by atoms with Crippen LogP contribution in [-0.2, 0) is 9.59 Å². The van der Waals surface area contributed by atoms with E-state index in [1.807, 2.05) is 48.5 Å². The zero-order valence-corrected chi connectivity index (χ0v) is 14.5. The first kappa shape index (κ1) is 17.8. The summed E-state index contributed by atoms with van der Waals surface area (Å²) in [4.78, 5) is 30.6. The van der Waals surface area contributed by atoms with Crippen molar-refractivity contribution in [1.29, 1.82) is 0 Å². The summed E-state index contributed by atoms with van der Waals surface area (Å²) in [6.07, 6.45) is 0. The summed E-state index contributed by atoms with van der Waals surface area (Å²) in [5.41, 5.74) is 3.80. The largest absolute Gasteiger partial charge is 0.503 e. The summed E-state index contributed by atoms with van der Waals surface area (Å²) in [5.74, 6) is -3.99. The number of aliphatic hydroxyl groups excluding tert-OH is 2. The Morgan fingerprint density at radius 3 is 1.15 bits per heavy atom. The van der Waals surface area contributed by atoms with E-state index >= 15 is 0 Å². The van der Waals surface area contributed by atoms with E-state index in [0.29, 0.717) is 0 Å². The van der Waals surface area contributed by atoms with E-state index in [-0.39, 0.29) is 0 Å². The summed E-state index contributed by atoms with van der Waals surface area (Å²) < 4.78 is 0. The normalized spacial score (nSPS) is 14.7. The zero-order chi connectivity index (χ0) is 18.8. The van der Waals surface area contributed by atoms with Crippen LogP contribution in [0.2, 0.25) is 0 Å². The highest BCUT2D eigenvalue weighted by atomic mass is 35.5. The van der Waals surface area contributed by atoms with Gasteiger partial charge in [0.05, 0.1) is 22.1 Å². The first-order chi connectivity index (χ1) is 12.4. The number of rotatable bonds is 0. The summed E-state index contributed by atoms with van der Waals surface area (Å²) >= 11 is 10.4. The molecule has 0 bridgehead atoms. The number of hydrogen-bond donors (Lipinski definition) is 2. The number of nitrogens with zero attached hydrogens (tertiary/aromatic N) is 2. The predicted octanol–water partition coefficient (Wildman–Crippen LogP) is 3.94. The number of Topliss-reactive ketones (excluding diaryl/α,β-unsaturated/α-hetero) is 2. The van der Waals surface area contributed by atoms with Crippen LogP contribution in [0.4, 0.5) is 0 Å². The second-order valence-electron chi connectivity index (χ2n) is 5.18. The van der Waals surface area contributed by atoms with E-state index in [2.05, 4.69) is 9.97 Å². The van der Waals surface area contributed by atoms with E-state index < -0.39 is 33.1 Å². The van der Waals surface area contributed by atoms with Gasteiger partial charge in [-0.05, 0) is 24.3 Å². The molecule has 0 radical (unpaired) electrons. The van der Waals surface area contributed by atoms with E-state index in [4.69, 9.17) is 33.4 Å². The molecule has 0 aliphatic heterocycles. The minimum absolute atomic E-state index is 0.720. The number of benzene rings is 2. The third-order valence-corrected chi connectivity index (χ3v) is 4.19. The highest BCUT2D eigenvalue weighted by molar-refractivity contribution is 6.55. The molecule has 26 heavy (non-hydrogen) atoms. The Morgan fingerprint density at radius 2 is 0.885 bits per heavy atom. The van der Waals surface area contributed by atoms with Gasteiger partial charge in [-0.15, -0.1) is 0 Å². The molecule has 2 aromatic carbocycles. The first-order valence-electron chi connectivity index (χ1n) is 7.28. The van der Waals surface area contributed by atoms with Crippen molar-refractivity contribution < 1.29 is 19.8 Å². The minimum atomic E-state index is -1.06. The SMILES string of the molecule is O=C1C(O)=C(Cl)C(=O)C(O)=C1Cl.c1ccc2nc3ccccc3nc2c1. The van der Waals surface area contributed by atoms with Crippen LogP contribution in [0.1, 0.15) is 0 Å². The lowest BCUT2D eigenvalue weighted by Gasteiger charge is -2.08. The number of fused-ring (bicyclic) bond motifs is 2. The molecule has 6 nitrogen and oxygen atoms in total. The molecule has 1 heterocycles. The summed E-state index contributed by atoms with van der Waals surface area (Å²) in [6.45, 7) is 0. The molecule has 0 fully saturated rings. The topological polar surface area (TPSA) is 100 Å². The third kappa shape index (κ3) is 3.24. The lowest BCUT2D eigenvalue weighted by atomic mass is 10.1. The van der Waals surface area contributed by atoms with Gasteiger partial charge in [0, 0.05) is 0 Å². The molecule has 1 aromatic heterocycles. The number of para-hydroxylation sites is 4. The Labute approximate surface area is 157 Å². The van der Waals surface area contributed by atoms with Gasteiger partial charge >= 0.3 is 0 Å². The average Bonchev–Trinajstić information content (AvgIpc) is 2.68. The summed E-state index contributed by atoms with van der Waals surface area (Å²) in [5, 5.41) is 16.3. The summed E-state index contributed by atoms with van der Waals surface area (Å²) in [7, 11) is 0. The van der Waals surface area contributed by atoms with Gasteiger partial charge in [0.15, 0.2) is 11.5 Å². The molecule has 1 aliphatic carbocycles. The first-order valence-corrected chi connectivity index (χ1v) is 8.04. The van der Waals surface area contributed by atoms with Gasteiger partial charge in [-0.25, -0.2) is 9.97 Å². The van der Waals surface area contributed by atoms with Gasteiger partial charge in [-0.2, -0.15) is 0 Å². The third-order valence-electron chi connectivity index (χ3n) is 3.49. The average molecular weight is 389 g/mol. The molecule has 0 saturated heterocycles. The molecule has 2 N–H and O–H groups in total. The maximum absolute atomic E-state index is 10.8. The number of allylic oxidation sites excluding steroid dienone is 2. The molecular formula is C18H10Cl2N2O4. The smallest absolute Gasteiger partial charge is 0.244 e. The lowest BCUT2D eigenvalue weighted by Crippen LogP contribution is -2.19. The number of carbonyl (C=O) groups excluding carboxylic acids is 2. The molecule has 0 unspecified atom stereocenters. The number of hydrogen-bond acceptors (Lipinski definition) is 6. The number of carbonyl (C=O) groups is 2. The molecular weight excluding hydrogens is 379 g/mol. The van der Waals surface area contributed by atoms with Gasteiger partial charge < -0.3 is 10.2 Å². The fourth-order valence-electron chi connectivity index (χ4n) is 2.19. The van der Waals surface area contributed by atoms with Crippen LogP contribution in [-0.4, -0.2) is 31.7 Å². The van der Waals surface area contributed by atoms with Gasteiger partial charge in [0.2, 0.25) is 11.6 Å². The maximum atomic E-state index is 10.8. The van der Waals surface area contributed by atoms with Gasteiger partial charge in [0.1, 0.15) is 10.1 Å². The Hall–Kier alpha value is -2.96. The van der Waals surface area contributed by atoms with Gasteiger partial charge in [-0.1, -0.05) is 47.5 Å². The fraction of sp³-hybridized carbons (Fsp3) is 0. The monoisotopic (exact) mass is 388 g/mol. The second kappa shape index (κ2) is 7.11. The number of ketones is 2. The van der Waals surface area contributed by atoms with Crippen molar-refractivity contribution in [2.45, 2.75) is 0 Å². The maximum Gasteiger partial charge on any atom is 0.244 e. The Balaban J connectivity index is 0.000000153. The molecule has 3 aromatic rings. The van der Waals surface area contributed by atoms with Crippen molar-refractivity contribution in [1.82, 2.24) is 9.97 Å². The molecule has 130 valence electrons.